The van der Waals surface area contributed by atoms with Gasteiger partial charge in [0.2, 0.25) is 0 Å². The number of pyridine rings is 1. The van der Waals surface area contributed by atoms with Crippen molar-refractivity contribution in [3.05, 3.63) is 65.5 Å². The Kier molecular flexibility index (Phi) is 5.41. The van der Waals surface area contributed by atoms with Gasteiger partial charge in [-0.3, -0.25) is 4.98 Å². The lowest BCUT2D eigenvalue weighted by molar-refractivity contribution is 0.237. The van der Waals surface area contributed by atoms with Crippen LogP contribution in [0.2, 0.25) is 0 Å². The zero-order valence-electron chi connectivity index (χ0n) is 12.1. The summed E-state index contributed by atoms with van der Waals surface area (Å²) >= 11 is 0. The van der Waals surface area contributed by atoms with Crippen LogP contribution in [0.5, 0.6) is 0 Å². The predicted molar refractivity (Wildman–Crippen MR) is 79.1 cm³/mol. The topological polar surface area (TPSA) is 54.0 Å². The maximum Gasteiger partial charge on any atom is 0.315 e. The number of aromatic nitrogens is 1. The van der Waals surface area contributed by atoms with Crippen LogP contribution in [-0.2, 0) is 13.0 Å². The van der Waals surface area contributed by atoms with Crippen LogP contribution in [0.3, 0.4) is 0 Å². The summed E-state index contributed by atoms with van der Waals surface area (Å²) in [5.74, 6) is -1.21. The molecule has 1 aromatic carbocycles. The van der Waals surface area contributed by atoms with Crippen molar-refractivity contribution in [3.63, 3.8) is 0 Å². The molecule has 1 heterocycles. The molecule has 0 saturated carbocycles. The van der Waals surface area contributed by atoms with E-state index in [-0.39, 0.29) is 12.0 Å². The first-order chi connectivity index (χ1) is 10.6. The van der Waals surface area contributed by atoms with E-state index in [2.05, 4.69) is 15.6 Å². The minimum absolute atomic E-state index is 0.0254. The molecule has 2 aromatic rings. The Morgan fingerprint density at radius 1 is 1.23 bits per heavy atom. The van der Waals surface area contributed by atoms with Gasteiger partial charge in [0.15, 0.2) is 0 Å². The molecule has 4 nitrogen and oxygen atoms in total. The fourth-order valence-electron chi connectivity index (χ4n) is 2.04. The van der Waals surface area contributed by atoms with Crippen molar-refractivity contribution in [1.82, 2.24) is 15.6 Å². The maximum atomic E-state index is 13.5. The summed E-state index contributed by atoms with van der Waals surface area (Å²) in [4.78, 5) is 15.7. The maximum absolute atomic E-state index is 13.5. The molecule has 6 heteroatoms. The van der Waals surface area contributed by atoms with Crippen molar-refractivity contribution in [2.45, 2.75) is 25.9 Å². The molecule has 0 aliphatic rings. The van der Waals surface area contributed by atoms with Crippen LogP contribution in [0.15, 0.2) is 42.7 Å². The molecule has 0 spiro atoms. The number of halogens is 2. The van der Waals surface area contributed by atoms with E-state index in [0.29, 0.717) is 6.54 Å². The number of nitrogens with zero attached hydrogens (tertiary/aromatic N) is 1. The summed E-state index contributed by atoms with van der Waals surface area (Å²) in [7, 11) is 0. The Morgan fingerprint density at radius 3 is 2.59 bits per heavy atom. The van der Waals surface area contributed by atoms with Crippen molar-refractivity contribution in [2.24, 2.45) is 0 Å². The van der Waals surface area contributed by atoms with Gasteiger partial charge in [0.05, 0.1) is 0 Å². The summed E-state index contributed by atoms with van der Waals surface area (Å²) in [5.41, 5.74) is 0.841. The predicted octanol–water partition coefficient (Wildman–Crippen LogP) is 2.79. The third kappa shape index (κ3) is 4.51. The van der Waals surface area contributed by atoms with E-state index in [1.807, 2.05) is 6.07 Å². The van der Waals surface area contributed by atoms with Gasteiger partial charge in [-0.25, -0.2) is 13.6 Å². The number of amides is 2. The molecule has 0 aliphatic carbocycles. The highest BCUT2D eigenvalue weighted by Gasteiger charge is 2.14. The second-order valence-electron chi connectivity index (χ2n) is 4.99. The highest BCUT2D eigenvalue weighted by molar-refractivity contribution is 5.74. The van der Waals surface area contributed by atoms with E-state index in [1.54, 1.807) is 25.4 Å². The molecule has 1 atom stereocenters. The molecule has 1 unspecified atom stereocenters. The molecule has 0 bridgehead atoms. The lowest BCUT2D eigenvalue weighted by atomic mass is 10.1. The van der Waals surface area contributed by atoms with E-state index in [4.69, 9.17) is 0 Å². The average Bonchev–Trinajstić information content (AvgIpc) is 2.50. The van der Waals surface area contributed by atoms with Crippen molar-refractivity contribution in [1.29, 1.82) is 0 Å². The van der Waals surface area contributed by atoms with E-state index < -0.39 is 23.7 Å². The van der Waals surface area contributed by atoms with Crippen molar-refractivity contribution in [2.75, 3.05) is 0 Å². The number of hydrogen-bond donors (Lipinski definition) is 2. The standard InChI is InChI=1S/C16H17F2N3O/c1-11(8-13-14(17)5-2-6-15(13)18)21-16(22)20-10-12-4-3-7-19-9-12/h2-7,9,11H,8,10H2,1H3,(H2,20,21,22). The van der Waals surface area contributed by atoms with E-state index >= 15 is 0 Å². The monoisotopic (exact) mass is 305 g/mol. The van der Waals surface area contributed by atoms with E-state index in [9.17, 15) is 13.6 Å². The van der Waals surface area contributed by atoms with Crippen LogP contribution >= 0.6 is 0 Å². The van der Waals surface area contributed by atoms with Crippen LogP contribution in [-0.4, -0.2) is 17.1 Å². The Balaban J connectivity index is 1.84. The van der Waals surface area contributed by atoms with Gasteiger partial charge in [-0.15, -0.1) is 0 Å². The highest BCUT2D eigenvalue weighted by Crippen LogP contribution is 2.14. The molecule has 2 rings (SSSR count). The Morgan fingerprint density at radius 2 is 1.95 bits per heavy atom. The second-order valence-corrected chi connectivity index (χ2v) is 4.99. The lowest BCUT2D eigenvalue weighted by Crippen LogP contribution is -2.41. The number of rotatable bonds is 5. The Labute approximate surface area is 127 Å². The summed E-state index contributed by atoms with van der Waals surface area (Å²) < 4.78 is 27.1. The number of carbonyl (C=O) groups is 1. The zero-order chi connectivity index (χ0) is 15.9. The molecule has 2 N–H and O–H groups in total. The summed E-state index contributed by atoms with van der Waals surface area (Å²) in [6.45, 7) is 2.02. The Hall–Kier alpha value is -2.50. The van der Waals surface area contributed by atoms with E-state index in [1.165, 1.54) is 18.2 Å². The molecule has 116 valence electrons. The lowest BCUT2D eigenvalue weighted by Gasteiger charge is -2.15. The van der Waals surface area contributed by atoms with Gasteiger partial charge in [0, 0.05) is 30.5 Å². The summed E-state index contributed by atoms with van der Waals surface area (Å²) in [6.07, 6.45) is 3.38. The number of benzene rings is 1. The largest absolute Gasteiger partial charge is 0.335 e. The van der Waals surface area contributed by atoms with Gasteiger partial charge in [-0.05, 0) is 37.1 Å². The van der Waals surface area contributed by atoms with Crippen LogP contribution in [0.4, 0.5) is 13.6 Å². The Bertz CT molecular complexity index is 614. The summed E-state index contributed by atoms with van der Waals surface area (Å²) in [5, 5.41) is 5.32. The minimum Gasteiger partial charge on any atom is -0.335 e. The number of urea groups is 1. The average molecular weight is 305 g/mol. The SMILES string of the molecule is CC(Cc1c(F)cccc1F)NC(=O)NCc1cccnc1. The number of hydrogen-bond acceptors (Lipinski definition) is 2. The van der Waals surface area contributed by atoms with E-state index in [0.717, 1.165) is 5.56 Å². The highest BCUT2D eigenvalue weighted by atomic mass is 19.1. The number of nitrogens with one attached hydrogen (secondary N) is 2. The van der Waals surface area contributed by atoms with Gasteiger partial charge in [-0.2, -0.15) is 0 Å². The summed E-state index contributed by atoms with van der Waals surface area (Å²) in [6, 6.07) is 6.53. The first-order valence-corrected chi connectivity index (χ1v) is 6.92. The van der Waals surface area contributed by atoms with Gasteiger partial charge in [0.25, 0.3) is 0 Å². The quantitative estimate of drug-likeness (QED) is 0.892. The zero-order valence-corrected chi connectivity index (χ0v) is 12.1. The van der Waals surface area contributed by atoms with Crippen LogP contribution in [0.25, 0.3) is 0 Å². The molecular formula is C16H17F2N3O. The first-order valence-electron chi connectivity index (χ1n) is 6.92. The van der Waals surface area contributed by atoms with Gasteiger partial charge >= 0.3 is 6.03 Å². The van der Waals surface area contributed by atoms with Crippen molar-refractivity contribution in [3.8, 4) is 0 Å². The van der Waals surface area contributed by atoms with Gasteiger partial charge < -0.3 is 10.6 Å². The third-order valence-electron chi connectivity index (χ3n) is 3.13. The molecule has 0 fully saturated rings. The normalized spacial score (nSPS) is 11.8. The second kappa shape index (κ2) is 7.49. The fraction of sp³-hybridized carbons (Fsp3) is 0.250. The molecule has 0 saturated heterocycles. The third-order valence-corrected chi connectivity index (χ3v) is 3.13. The molecule has 22 heavy (non-hydrogen) atoms. The number of carbonyl (C=O) groups excluding carboxylic acids is 1. The van der Waals surface area contributed by atoms with Crippen LogP contribution < -0.4 is 10.6 Å². The van der Waals surface area contributed by atoms with Gasteiger partial charge in [0.1, 0.15) is 11.6 Å². The van der Waals surface area contributed by atoms with Crippen molar-refractivity contribution >= 4 is 6.03 Å². The van der Waals surface area contributed by atoms with Gasteiger partial charge in [-0.1, -0.05) is 12.1 Å². The molecule has 2 amide bonds. The first kappa shape index (κ1) is 15.9. The fourth-order valence-corrected chi connectivity index (χ4v) is 2.04. The molecule has 0 radical (unpaired) electrons. The van der Waals surface area contributed by atoms with Crippen LogP contribution in [0, 0.1) is 11.6 Å². The molecular weight excluding hydrogens is 288 g/mol. The minimum atomic E-state index is -0.607. The molecule has 1 aromatic heterocycles. The van der Waals surface area contributed by atoms with Crippen LogP contribution in [0.1, 0.15) is 18.1 Å². The van der Waals surface area contributed by atoms with Crippen molar-refractivity contribution < 1.29 is 13.6 Å². The smallest absolute Gasteiger partial charge is 0.315 e. The molecule has 0 aliphatic heterocycles.